The van der Waals surface area contributed by atoms with Crippen molar-refractivity contribution in [2.24, 2.45) is 7.05 Å². The molecule has 2 heterocycles. The second kappa shape index (κ2) is 6.67. The highest BCUT2D eigenvalue weighted by Crippen LogP contribution is 2.22. The SMILES string of the molecule is Cn1nnc(-c2ccc(OCC(=O)Nc3cccc4[nH]ccc34)cc2)n1. The number of fused-ring (bicyclic) bond motifs is 1. The summed E-state index contributed by atoms with van der Waals surface area (Å²) in [5.74, 6) is 0.905. The predicted octanol–water partition coefficient (Wildman–Crippen LogP) is 2.38. The van der Waals surface area contributed by atoms with E-state index in [0.29, 0.717) is 11.6 Å². The van der Waals surface area contributed by atoms with Gasteiger partial charge in [0.15, 0.2) is 6.61 Å². The van der Waals surface area contributed by atoms with Crippen LogP contribution in [0.4, 0.5) is 5.69 Å². The molecule has 0 aliphatic heterocycles. The number of nitrogens with zero attached hydrogens (tertiary/aromatic N) is 4. The molecule has 0 saturated heterocycles. The number of aryl methyl sites for hydroxylation is 1. The Labute approximate surface area is 148 Å². The summed E-state index contributed by atoms with van der Waals surface area (Å²) in [6.45, 7) is -0.0798. The van der Waals surface area contributed by atoms with Gasteiger partial charge < -0.3 is 15.0 Å². The highest BCUT2D eigenvalue weighted by molar-refractivity contribution is 6.01. The van der Waals surface area contributed by atoms with Gasteiger partial charge in [0.2, 0.25) is 5.82 Å². The van der Waals surface area contributed by atoms with Crippen molar-refractivity contribution in [3.05, 3.63) is 54.7 Å². The van der Waals surface area contributed by atoms with Crippen LogP contribution in [-0.2, 0) is 11.8 Å². The Morgan fingerprint density at radius 2 is 2.04 bits per heavy atom. The van der Waals surface area contributed by atoms with Crippen LogP contribution < -0.4 is 10.1 Å². The molecule has 2 N–H and O–H groups in total. The Morgan fingerprint density at radius 3 is 2.81 bits per heavy atom. The van der Waals surface area contributed by atoms with E-state index in [0.717, 1.165) is 22.2 Å². The molecule has 0 unspecified atom stereocenters. The smallest absolute Gasteiger partial charge is 0.262 e. The zero-order chi connectivity index (χ0) is 17.9. The van der Waals surface area contributed by atoms with Crippen LogP contribution >= 0.6 is 0 Å². The minimum atomic E-state index is -0.224. The van der Waals surface area contributed by atoms with Gasteiger partial charge in [0, 0.05) is 22.7 Å². The first-order chi connectivity index (χ1) is 12.7. The monoisotopic (exact) mass is 348 g/mol. The average molecular weight is 348 g/mol. The first-order valence-electron chi connectivity index (χ1n) is 8.02. The van der Waals surface area contributed by atoms with Crippen molar-refractivity contribution in [2.45, 2.75) is 0 Å². The van der Waals surface area contributed by atoms with Gasteiger partial charge in [-0.25, -0.2) is 0 Å². The van der Waals surface area contributed by atoms with Gasteiger partial charge in [-0.1, -0.05) is 6.07 Å². The molecule has 4 aromatic rings. The molecule has 0 radical (unpaired) electrons. The molecule has 0 saturated carbocycles. The van der Waals surface area contributed by atoms with Gasteiger partial charge in [0.05, 0.1) is 12.7 Å². The summed E-state index contributed by atoms with van der Waals surface area (Å²) >= 11 is 0. The number of H-pyrrole nitrogens is 1. The Hall–Kier alpha value is -3.68. The predicted molar refractivity (Wildman–Crippen MR) is 96.7 cm³/mol. The largest absolute Gasteiger partial charge is 0.484 e. The number of benzene rings is 2. The third-order valence-corrected chi connectivity index (χ3v) is 3.86. The molecular formula is C18H16N6O2. The van der Waals surface area contributed by atoms with Crippen molar-refractivity contribution in [3.63, 3.8) is 0 Å². The molecule has 2 aromatic heterocycles. The molecular weight excluding hydrogens is 332 g/mol. The lowest BCUT2D eigenvalue weighted by Gasteiger charge is -2.08. The molecule has 130 valence electrons. The summed E-state index contributed by atoms with van der Waals surface area (Å²) in [6.07, 6.45) is 1.84. The van der Waals surface area contributed by atoms with E-state index in [9.17, 15) is 4.79 Å². The number of aromatic amines is 1. The van der Waals surface area contributed by atoms with Crippen LogP contribution in [0.5, 0.6) is 5.75 Å². The lowest BCUT2D eigenvalue weighted by Crippen LogP contribution is -2.20. The van der Waals surface area contributed by atoms with Crippen molar-refractivity contribution >= 4 is 22.5 Å². The molecule has 8 nitrogen and oxygen atoms in total. The number of hydrogen-bond donors (Lipinski definition) is 2. The maximum atomic E-state index is 12.2. The molecule has 0 bridgehead atoms. The van der Waals surface area contributed by atoms with Gasteiger partial charge in [0.25, 0.3) is 5.91 Å². The number of amides is 1. The maximum absolute atomic E-state index is 12.2. The van der Waals surface area contributed by atoms with Crippen molar-refractivity contribution in [2.75, 3.05) is 11.9 Å². The van der Waals surface area contributed by atoms with Crippen molar-refractivity contribution in [3.8, 4) is 17.1 Å². The summed E-state index contributed by atoms with van der Waals surface area (Å²) in [4.78, 5) is 16.7. The zero-order valence-electron chi connectivity index (χ0n) is 14.0. The number of nitrogens with one attached hydrogen (secondary N) is 2. The minimum absolute atomic E-state index is 0.0798. The van der Waals surface area contributed by atoms with E-state index in [-0.39, 0.29) is 12.5 Å². The summed E-state index contributed by atoms with van der Waals surface area (Å²) in [6, 6.07) is 14.8. The molecule has 0 aliphatic rings. The van der Waals surface area contributed by atoms with Crippen LogP contribution in [0, 0.1) is 0 Å². The summed E-state index contributed by atoms with van der Waals surface area (Å²) in [5.41, 5.74) is 2.55. The number of aromatic nitrogens is 5. The Bertz CT molecular complexity index is 1050. The van der Waals surface area contributed by atoms with Crippen molar-refractivity contribution < 1.29 is 9.53 Å². The fraction of sp³-hybridized carbons (Fsp3) is 0.111. The van der Waals surface area contributed by atoms with E-state index in [4.69, 9.17) is 4.74 Å². The van der Waals surface area contributed by atoms with E-state index < -0.39 is 0 Å². The molecule has 2 aromatic carbocycles. The molecule has 8 heteroatoms. The quantitative estimate of drug-likeness (QED) is 0.577. The van der Waals surface area contributed by atoms with Gasteiger partial charge in [0.1, 0.15) is 5.75 Å². The first kappa shape index (κ1) is 15.8. The van der Waals surface area contributed by atoms with E-state index in [1.165, 1.54) is 4.80 Å². The van der Waals surface area contributed by atoms with Gasteiger partial charge in [-0.2, -0.15) is 4.80 Å². The lowest BCUT2D eigenvalue weighted by atomic mass is 10.2. The Kier molecular flexibility index (Phi) is 4.06. The number of hydrogen-bond acceptors (Lipinski definition) is 5. The number of carbonyl (C=O) groups is 1. The van der Waals surface area contributed by atoms with Crippen molar-refractivity contribution in [1.82, 2.24) is 25.2 Å². The third-order valence-electron chi connectivity index (χ3n) is 3.86. The minimum Gasteiger partial charge on any atom is -0.484 e. The van der Waals surface area contributed by atoms with E-state index >= 15 is 0 Å². The number of ether oxygens (including phenoxy) is 1. The van der Waals surface area contributed by atoms with E-state index in [2.05, 4.69) is 25.7 Å². The fourth-order valence-electron chi connectivity index (χ4n) is 2.63. The van der Waals surface area contributed by atoms with Crippen LogP contribution in [0.3, 0.4) is 0 Å². The topological polar surface area (TPSA) is 97.7 Å². The molecule has 0 fully saturated rings. The molecule has 0 atom stereocenters. The number of tetrazole rings is 1. The normalized spacial score (nSPS) is 10.8. The second-order valence-electron chi connectivity index (χ2n) is 5.71. The van der Waals surface area contributed by atoms with Gasteiger partial charge in [-0.15, -0.1) is 10.2 Å². The van der Waals surface area contributed by atoms with Gasteiger partial charge >= 0.3 is 0 Å². The number of anilines is 1. The van der Waals surface area contributed by atoms with Crippen LogP contribution in [0.15, 0.2) is 54.7 Å². The van der Waals surface area contributed by atoms with E-state index in [1.54, 1.807) is 19.2 Å². The van der Waals surface area contributed by atoms with Crippen LogP contribution in [0.1, 0.15) is 0 Å². The molecule has 4 rings (SSSR count). The summed E-state index contributed by atoms with van der Waals surface area (Å²) < 4.78 is 5.55. The first-order valence-corrected chi connectivity index (χ1v) is 8.02. The van der Waals surface area contributed by atoms with Crippen molar-refractivity contribution in [1.29, 1.82) is 0 Å². The summed E-state index contributed by atoms with van der Waals surface area (Å²) in [5, 5.41) is 15.7. The lowest BCUT2D eigenvalue weighted by molar-refractivity contribution is -0.118. The summed E-state index contributed by atoms with van der Waals surface area (Å²) in [7, 11) is 1.71. The fourth-order valence-corrected chi connectivity index (χ4v) is 2.63. The zero-order valence-corrected chi connectivity index (χ0v) is 14.0. The van der Waals surface area contributed by atoms with Crippen LogP contribution in [-0.4, -0.2) is 37.7 Å². The molecule has 1 amide bonds. The molecule has 0 spiro atoms. The standard InChI is InChI=1S/C18H16N6O2/c1-24-22-18(21-23-24)12-5-7-13(8-6-12)26-11-17(25)20-16-4-2-3-15-14(16)9-10-19-15/h2-10,19H,11H2,1H3,(H,20,25). The highest BCUT2D eigenvalue weighted by atomic mass is 16.5. The number of rotatable bonds is 5. The average Bonchev–Trinajstić information content (AvgIpc) is 3.30. The van der Waals surface area contributed by atoms with Gasteiger partial charge in [-0.3, -0.25) is 4.79 Å². The highest BCUT2D eigenvalue weighted by Gasteiger charge is 2.08. The second-order valence-corrected chi connectivity index (χ2v) is 5.71. The Morgan fingerprint density at radius 1 is 1.19 bits per heavy atom. The third kappa shape index (κ3) is 3.25. The van der Waals surface area contributed by atoms with Crippen LogP contribution in [0.25, 0.3) is 22.3 Å². The molecule has 0 aliphatic carbocycles. The Balaban J connectivity index is 1.38. The maximum Gasteiger partial charge on any atom is 0.262 e. The molecule has 26 heavy (non-hydrogen) atoms. The van der Waals surface area contributed by atoms with Gasteiger partial charge in [-0.05, 0) is 47.7 Å². The van der Waals surface area contributed by atoms with Crippen LogP contribution in [0.2, 0.25) is 0 Å². The number of carbonyl (C=O) groups excluding carboxylic acids is 1. The van der Waals surface area contributed by atoms with E-state index in [1.807, 2.05) is 42.6 Å².